The van der Waals surface area contributed by atoms with Gasteiger partial charge in [0.15, 0.2) is 11.5 Å². The van der Waals surface area contributed by atoms with Crippen LogP contribution in [0.5, 0.6) is 0 Å². The third kappa shape index (κ3) is 1.87. The van der Waals surface area contributed by atoms with Crippen LogP contribution in [0, 0.1) is 10.1 Å². The van der Waals surface area contributed by atoms with Gasteiger partial charge in [0.2, 0.25) is 0 Å². The fraction of sp³-hybridized carbons (Fsp3) is 0. The lowest BCUT2D eigenvalue weighted by Gasteiger charge is -1.96. The first-order chi connectivity index (χ1) is 10.7. The lowest BCUT2D eigenvalue weighted by molar-refractivity contribution is -0.384. The number of hydrogen-bond acceptors (Lipinski definition) is 5. The van der Waals surface area contributed by atoms with Crippen LogP contribution in [0.3, 0.4) is 0 Å². The second-order valence-electron chi connectivity index (χ2n) is 4.77. The van der Waals surface area contributed by atoms with Crippen molar-refractivity contribution in [1.82, 2.24) is 19.6 Å². The Balaban J connectivity index is 1.88. The van der Waals surface area contributed by atoms with E-state index in [0.717, 1.165) is 16.5 Å². The molecule has 2 heterocycles. The zero-order valence-electron chi connectivity index (χ0n) is 11.2. The number of fused-ring (bicyclic) bond motifs is 3. The molecule has 0 atom stereocenters. The van der Waals surface area contributed by atoms with Gasteiger partial charge >= 0.3 is 0 Å². The molecule has 7 heteroatoms. The number of aromatic nitrogens is 4. The minimum atomic E-state index is -0.432. The van der Waals surface area contributed by atoms with Crippen LogP contribution in [-0.4, -0.2) is 24.5 Å². The number of nitro benzene ring substituents is 1. The second kappa shape index (κ2) is 4.59. The molecule has 4 aromatic rings. The van der Waals surface area contributed by atoms with E-state index in [4.69, 9.17) is 0 Å². The highest BCUT2D eigenvalue weighted by molar-refractivity contribution is 5.91. The normalized spacial score (nSPS) is 11.1. The van der Waals surface area contributed by atoms with E-state index in [0.29, 0.717) is 11.5 Å². The first-order valence-corrected chi connectivity index (χ1v) is 6.57. The van der Waals surface area contributed by atoms with Crippen molar-refractivity contribution in [2.24, 2.45) is 0 Å². The van der Waals surface area contributed by atoms with Gasteiger partial charge in [-0.05, 0) is 24.3 Å². The van der Waals surface area contributed by atoms with E-state index < -0.39 is 4.92 Å². The number of nitro groups is 1. The van der Waals surface area contributed by atoms with Crippen LogP contribution in [0.2, 0.25) is 0 Å². The molecule has 0 radical (unpaired) electrons. The highest BCUT2D eigenvalue weighted by Gasteiger charge is 2.11. The summed E-state index contributed by atoms with van der Waals surface area (Å²) in [6, 6.07) is 13.9. The van der Waals surface area contributed by atoms with Crippen LogP contribution in [-0.2, 0) is 0 Å². The Hall–Kier alpha value is -3.35. The van der Waals surface area contributed by atoms with Gasteiger partial charge < -0.3 is 0 Å². The van der Waals surface area contributed by atoms with Crippen LogP contribution in [0.15, 0.2) is 54.9 Å². The molecule has 0 aliphatic carbocycles. The van der Waals surface area contributed by atoms with Gasteiger partial charge in [-0.3, -0.25) is 10.1 Å². The molecule has 0 unspecified atom stereocenters. The minimum absolute atomic E-state index is 0.0413. The van der Waals surface area contributed by atoms with Crippen molar-refractivity contribution in [3.8, 4) is 11.4 Å². The van der Waals surface area contributed by atoms with Gasteiger partial charge in [-0.2, -0.15) is 0 Å². The molecule has 2 aromatic heterocycles. The molecule has 0 saturated carbocycles. The van der Waals surface area contributed by atoms with Crippen molar-refractivity contribution < 1.29 is 4.92 Å². The fourth-order valence-electron chi connectivity index (χ4n) is 2.33. The van der Waals surface area contributed by atoms with Gasteiger partial charge in [-0.1, -0.05) is 12.1 Å². The van der Waals surface area contributed by atoms with Gasteiger partial charge in [-0.25, -0.2) is 14.5 Å². The van der Waals surface area contributed by atoms with E-state index in [2.05, 4.69) is 15.1 Å². The van der Waals surface area contributed by atoms with E-state index in [9.17, 15) is 10.1 Å². The Morgan fingerprint density at radius 2 is 1.82 bits per heavy atom. The Kier molecular flexibility index (Phi) is 2.59. The minimum Gasteiger partial charge on any atom is -0.258 e. The molecular formula is C15H9N5O2. The Morgan fingerprint density at radius 3 is 2.59 bits per heavy atom. The maximum absolute atomic E-state index is 10.7. The smallest absolute Gasteiger partial charge is 0.258 e. The van der Waals surface area contributed by atoms with Gasteiger partial charge in [0.1, 0.15) is 6.33 Å². The summed E-state index contributed by atoms with van der Waals surface area (Å²) in [4.78, 5) is 19.1. The predicted octanol–water partition coefficient (Wildman–Crippen LogP) is 2.85. The van der Waals surface area contributed by atoms with Crippen LogP contribution in [0.4, 0.5) is 5.69 Å². The molecule has 4 rings (SSSR count). The summed E-state index contributed by atoms with van der Waals surface area (Å²) >= 11 is 0. The fourth-order valence-corrected chi connectivity index (χ4v) is 2.33. The lowest BCUT2D eigenvalue weighted by atomic mass is 10.2. The van der Waals surface area contributed by atoms with Crippen LogP contribution >= 0.6 is 0 Å². The van der Waals surface area contributed by atoms with Gasteiger partial charge in [0, 0.05) is 23.1 Å². The highest BCUT2D eigenvalue weighted by atomic mass is 16.6. The topological polar surface area (TPSA) is 86.2 Å². The molecule has 0 spiro atoms. The van der Waals surface area contributed by atoms with E-state index in [-0.39, 0.29) is 5.69 Å². The molecule has 0 bridgehead atoms. The van der Waals surface area contributed by atoms with Crippen molar-refractivity contribution in [1.29, 1.82) is 0 Å². The van der Waals surface area contributed by atoms with Crippen molar-refractivity contribution in [3.63, 3.8) is 0 Å². The summed E-state index contributed by atoms with van der Waals surface area (Å²) in [5.74, 6) is 0.507. The number of non-ortho nitro benzene ring substituents is 1. The average Bonchev–Trinajstić information content (AvgIpc) is 2.99. The molecule has 0 N–H and O–H groups in total. The van der Waals surface area contributed by atoms with Gasteiger partial charge in [0.05, 0.1) is 10.4 Å². The molecule has 0 aliphatic heterocycles. The highest BCUT2D eigenvalue weighted by Crippen LogP contribution is 2.22. The number of hydrogen-bond donors (Lipinski definition) is 0. The predicted molar refractivity (Wildman–Crippen MR) is 80.4 cm³/mol. The lowest BCUT2D eigenvalue weighted by Crippen LogP contribution is -1.91. The first kappa shape index (κ1) is 12.4. The summed E-state index contributed by atoms with van der Waals surface area (Å²) in [5.41, 5.74) is 2.31. The van der Waals surface area contributed by atoms with E-state index in [1.54, 1.807) is 23.0 Å². The first-order valence-electron chi connectivity index (χ1n) is 6.57. The Morgan fingerprint density at radius 1 is 1.05 bits per heavy atom. The van der Waals surface area contributed by atoms with Crippen LogP contribution < -0.4 is 0 Å². The van der Waals surface area contributed by atoms with Crippen molar-refractivity contribution in [3.05, 3.63) is 65.0 Å². The maximum Gasteiger partial charge on any atom is 0.269 e. The van der Waals surface area contributed by atoms with Crippen molar-refractivity contribution in [2.45, 2.75) is 0 Å². The molecule has 22 heavy (non-hydrogen) atoms. The molecule has 0 amide bonds. The third-order valence-corrected chi connectivity index (χ3v) is 3.42. The van der Waals surface area contributed by atoms with Crippen LogP contribution in [0.25, 0.3) is 27.9 Å². The quantitative estimate of drug-likeness (QED) is 0.418. The molecule has 0 saturated heterocycles. The van der Waals surface area contributed by atoms with Gasteiger partial charge in [-0.15, -0.1) is 5.10 Å². The maximum atomic E-state index is 10.7. The Labute approximate surface area is 124 Å². The summed E-state index contributed by atoms with van der Waals surface area (Å²) in [6.45, 7) is 0. The SMILES string of the molecule is O=[N+]([O-])c1ccc(-c2nc3c4ccccc4ncn3n2)cc1. The van der Waals surface area contributed by atoms with E-state index in [1.165, 1.54) is 12.1 Å². The molecule has 7 nitrogen and oxygen atoms in total. The number of nitrogens with zero attached hydrogens (tertiary/aromatic N) is 5. The number of rotatable bonds is 2. The summed E-state index contributed by atoms with van der Waals surface area (Å²) in [7, 11) is 0. The molecular weight excluding hydrogens is 282 g/mol. The van der Waals surface area contributed by atoms with Gasteiger partial charge in [0.25, 0.3) is 5.69 Å². The number of para-hydroxylation sites is 1. The zero-order chi connectivity index (χ0) is 15.1. The Bertz CT molecular complexity index is 1010. The zero-order valence-corrected chi connectivity index (χ0v) is 11.2. The van der Waals surface area contributed by atoms with E-state index in [1.807, 2.05) is 24.3 Å². The monoisotopic (exact) mass is 291 g/mol. The van der Waals surface area contributed by atoms with E-state index >= 15 is 0 Å². The molecule has 0 aliphatic rings. The average molecular weight is 291 g/mol. The van der Waals surface area contributed by atoms with Crippen molar-refractivity contribution >= 4 is 22.2 Å². The third-order valence-electron chi connectivity index (χ3n) is 3.42. The van der Waals surface area contributed by atoms with Crippen LogP contribution in [0.1, 0.15) is 0 Å². The van der Waals surface area contributed by atoms with Crippen molar-refractivity contribution in [2.75, 3.05) is 0 Å². The second-order valence-corrected chi connectivity index (χ2v) is 4.77. The molecule has 0 fully saturated rings. The summed E-state index contributed by atoms with van der Waals surface area (Å²) in [6.07, 6.45) is 1.61. The summed E-state index contributed by atoms with van der Waals surface area (Å²) < 4.78 is 1.61. The number of benzene rings is 2. The molecule has 2 aromatic carbocycles. The largest absolute Gasteiger partial charge is 0.269 e. The molecule has 106 valence electrons. The summed E-state index contributed by atoms with van der Waals surface area (Å²) in [5, 5.41) is 16.0. The standard InChI is InChI=1S/C15H9N5O2/c21-20(22)11-7-5-10(6-8-11)14-17-15-12-3-1-2-4-13(12)16-9-19(15)18-14/h1-9H.